The molecular weight excluding hydrogens is 273 g/mol. The van der Waals surface area contributed by atoms with E-state index in [0.29, 0.717) is 12.2 Å². The van der Waals surface area contributed by atoms with Crippen molar-refractivity contribution in [2.75, 3.05) is 11.9 Å². The molecule has 1 amide bonds. The van der Waals surface area contributed by atoms with Crippen molar-refractivity contribution >= 4 is 11.6 Å². The maximum absolute atomic E-state index is 13.1. The summed E-state index contributed by atoms with van der Waals surface area (Å²) in [6, 6.07) is 3.34. The van der Waals surface area contributed by atoms with Gasteiger partial charge in [-0.05, 0) is 17.7 Å². The summed E-state index contributed by atoms with van der Waals surface area (Å²) in [6.45, 7) is 0.839. The Hall–Kier alpha value is -2.28. The zero-order chi connectivity index (χ0) is 14.7. The van der Waals surface area contributed by atoms with Gasteiger partial charge >= 0.3 is 0 Å². The number of hydrogen-bond acceptors (Lipinski definition) is 4. The van der Waals surface area contributed by atoms with Crippen LogP contribution in [-0.2, 0) is 11.3 Å². The summed E-state index contributed by atoms with van der Waals surface area (Å²) in [4.78, 5) is 15.9. The normalized spacial score (nSPS) is 21.4. The van der Waals surface area contributed by atoms with Gasteiger partial charge in [0.1, 0.15) is 6.17 Å². The Morgan fingerprint density at radius 3 is 3.00 bits per heavy atom. The molecule has 0 bridgehead atoms. The van der Waals surface area contributed by atoms with E-state index in [1.54, 1.807) is 29.5 Å². The summed E-state index contributed by atoms with van der Waals surface area (Å²) in [6.07, 6.45) is 6.05. The fraction of sp³-hybridized carbons (Fsp3) is 0.357. The molecule has 0 aliphatic carbocycles. The zero-order valence-electron chi connectivity index (χ0n) is 11.4. The third-order valence-electron chi connectivity index (χ3n) is 3.39. The molecule has 21 heavy (non-hydrogen) atoms. The van der Waals surface area contributed by atoms with Crippen LogP contribution in [0.3, 0.4) is 0 Å². The molecule has 2 aromatic heterocycles. The summed E-state index contributed by atoms with van der Waals surface area (Å²) in [7, 11) is 0. The van der Waals surface area contributed by atoms with E-state index in [4.69, 9.17) is 0 Å². The lowest BCUT2D eigenvalue weighted by atomic mass is 10.2. The lowest BCUT2D eigenvalue weighted by molar-refractivity contribution is -0.117. The topological polar surface area (TPSA) is 71.8 Å². The van der Waals surface area contributed by atoms with Gasteiger partial charge in [-0.2, -0.15) is 5.10 Å². The number of carbonyl (C=O) groups excluding carboxylic acids is 1. The molecule has 0 radical (unpaired) electrons. The molecule has 0 spiro atoms. The lowest BCUT2D eigenvalue weighted by Gasteiger charge is -2.08. The SMILES string of the molecule is O=C(Nc1cnn(Cc2ccncc2)c1)[C@H]1C[C@H](F)CN1. The number of nitrogens with one attached hydrogen (secondary N) is 2. The van der Waals surface area contributed by atoms with Crippen LogP contribution in [0.2, 0.25) is 0 Å². The first-order valence-electron chi connectivity index (χ1n) is 6.80. The Morgan fingerprint density at radius 2 is 2.29 bits per heavy atom. The van der Waals surface area contributed by atoms with Gasteiger partial charge < -0.3 is 10.6 Å². The lowest BCUT2D eigenvalue weighted by Crippen LogP contribution is -2.35. The molecule has 7 heteroatoms. The maximum atomic E-state index is 13.1. The smallest absolute Gasteiger partial charge is 0.241 e. The second-order valence-corrected chi connectivity index (χ2v) is 5.07. The van der Waals surface area contributed by atoms with Crippen LogP contribution < -0.4 is 10.6 Å². The predicted octanol–water partition coefficient (Wildman–Crippen LogP) is 0.965. The van der Waals surface area contributed by atoms with Crippen LogP contribution in [-0.4, -0.2) is 39.4 Å². The van der Waals surface area contributed by atoms with Crippen LogP contribution in [0.4, 0.5) is 10.1 Å². The number of carbonyl (C=O) groups is 1. The molecule has 6 nitrogen and oxygen atoms in total. The summed E-state index contributed by atoms with van der Waals surface area (Å²) in [5, 5.41) is 9.79. The average Bonchev–Trinajstić information content (AvgIpc) is 3.09. The Bertz CT molecular complexity index is 615. The van der Waals surface area contributed by atoms with Gasteiger partial charge in [0.25, 0.3) is 0 Å². The fourth-order valence-electron chi connectivity index (χ4n) is 2.31. The molecule has 2 atom stereocenters. The molecule has 0 unspecified atom stereocenters. The third-order valence-corrected chi connectivity index (χ3v) is 3.39. The van der Waals surface area contributed by atoms with Crippen molar-refractivity contribution in [3.05, 3.63) is 42.5 Å². The molecule has 110 valence electrons. The number of pyridine rings is 1. The van der Waals surface area contributed by atoms with Crippen molar-refractivity contribution in [1.82, 2.24) is 20.1 Å². The highest BCUT2D eigenvalue weighted by molar-refractivity contribution is 5.94. The van der Waals surface area contributed by atoms with E-state index in [1.165, 1.54) is 0 Å². The van der Waals surface area contributed by atoms with E-state index in [2.05, 4.69) is 20.7 Å². The number of amides is 1. The minimum Gasteiger partial charge on any atom is -0.322 e. The monoisotopic (exact) mass is 289 g/mol. The Morgan fingerprint density at radius 1 is 1.48 bits per heavy atom. The van der Waals surface area contributed by atoms with Crippen LogP contribution in [0.25, 0.3) is 0 Å². The molecule has 0 saturated carbocycles. The number of alkyl halides is 1. The van der Waals surface area contributed by atoms with E-state index in [0.717, 1.165) is 5.56 Å². The molecule has 3 heterocycles. The number of anilines is 1. The van der Waals surface area contributed by atoms with Gasteiger partial charge in [0.05, 0.1) is 24.5 Å². The van der Waals surface area contributed by atoms with Crippen LogP contribution in [0.5, 0.6) is 0 Å². The second kappa shape index (κ2) is 6.01. The molecule has 2 N–H and O–H groups in total. The number of nitrogens with zero attached hydrogens (tertiary/aromatic N) is 3. The molecule has 1 aliphatic heterocycles. The number of hydrogen-bond donors (Lipinski definition) is 2. The van der Waals surface area contributed by atoms with E-state index in [1.807, 2.05) is 12.1 Å². The first-order valence-corrected chi connectivity index (χ1v) is 6.80. The fourth-order valence-corrected chi connectivity index (χ4v) is 2.31. The molecule has 1 aliphatic rings. The van der Waals surface area contributed by atoms with Gasteiger partial charge in [-0.1, -0.05) is 0 Å². The Kier molecular flexibility index (Phi) is 3.92. The quantitative estimate of drug-likeness (QED) is 0.879. The van der Waals surface area contributed by atoms with Crippen LogP contribution >= 0.6 is 0 Å². The van der Waals surface area contributed by atoms with Crippen LogP contribution in [0, 0.1) is 0 Å². The highest BCUT2D eigenvalue weighted by Crippen LogP contribution is 2.13. The molecule has 1 fully saturated rings. The summed E-state index contributed by atoms with van der Waals surface area (Å²) in [5.41, 5.74) is 1.68. The van der Waals surface area contributed by atoms with E-state index in [-0.39, 0.29) is 18.9 Å². The minimum absolute atomic E-state index is 0.219. The summed E-state index contributed by atoms with van der Waals surface area (Å²) < 4.78 is 14.8. The van der Waals surface area contributed by atoms with Crippen molar-refractivity contribution < 1.29 is 9.18 Å². The van der Waals surface area contributed by atoms with E-state index in [9.17, 15) is 9.18 Å². The first kappa shape index (κ1) is 13.7. The van der Waals surface area contributed by atoms with E-state index >= 15 is 0 Å². The molecule has 1 saturated heterocycles. The molecule has 2 aromatic rings. The highest BCUT2D eigenvalue weighted by Gasteiger charge is 2.29. The number of aromatic nitrogens is 3. The average molecular weight is 289 g/mol. The largest absolute Gasteiger partial charge is 0.322 e. The first-order chi connectivity index (χ1) is 10.2. The van der Waals surface area contributed by atoms with Crippen molar-refractivity contribution in [3.63, 3.8) is 0 Å². The zero-order valence-corrected chi connectivity index (χ0v) is 11.4. The van der Waals surface area contributed by atoms with Crippen molar-refractivity contribution in [1.29, 1.82) is 0 Å². The minimum atomic E-state index is -0.949. The van der Waals surface area contributed by atoms with Crippen molar-refractivity contribution in [2.24, 2.45) is 0 Å². The van der Waals surface area contributed by atoms with Gasteiger partial charge in [0.15, 0.2) is 0 Å². The summed E-state index contributed by atoms with van der Waals surface area (Å²) >= 11 is 0. The van der Waals surface area contributed by atoms with Gasteiger partial charge in [0, 0.05) is 31.6 Å². The maximum Gasteiger partial charge on any atom is 0.241 e. The molecule has 0 aromatic carbocycles. The van der Waals surface area contributed by atoms with Crippen molar-refractivity contribution in [3.8, 4) is 0 Å². The molecular formula is C14H16FN5O. The third kappa shape index (κ3) is 3.43. The van der Waals surface area contributed by atoms with Crippen LogP contribution in [0.1, 0.15) is 12.0 Å². The van der Waals surface area contributed by atoms with Gasteiger partial charge in [-0.15, -0.1) is 0 Å². The van der Waals surface area contributed by atoms with Crippen LogP contribution in [0.15, 0.2) is 36.9 Å². The number of rotatable bonds is 4. The molecule has 3 rings (SSSR count). The highest BCUT2D eigenvalue weighted by atomic mass is 19.1. The standard InChI is InChI=1S/C14H16FN5O/c15-11-5-13(17-6-11)14(21)19-12-7-18-20(9-12)8-10-1-3-16-4-2-10/h1-4,7,9,11,13,17H,5-6,8H2,(H,19,21)/t11-,13+/m0/s1. The van der Waals surface area contributed by atoms with Crippen molar-refractivity contribution in [2.45, 2.75) is 25.2 Å². The van der Waals surface area contributed by atoms with Gasteiger partial charge in [0.2, 0.25) is 5.91 Å². The van der Waals surface area contributed by atoms with Gasteiger partial charge in [-0.25, -0.2) is 4.39 Å². The van der Waals surface area contributed by atoms with E-state index < -0.39 is 12.2 Å². The predicted molar refractivity (Wildman–Crippen MR) is 75.5 cm³/mol. The summed E-state index contributed by atoms with van der Waals surface area (Å²) in [5.74, 6) is -0.224. The second-order valence-electron chi connectivity index (χ2n) is 5.07. The Labute approximate surface area is 121 Å². The Balaban J connectivity index is 1.59. The van der Waals surface area contributed by atoms with Gasteiger partial charge in [-0.3, -0.25) is 14.5 Å². The number of halogens is 1.